The van der Waals surface area contributed by atoms with Gasteiger partial charge >= 0.3 is 0 Å². The Bertz CT molecular complexity index is 297. The fraction of sp³-hybridized carbons (Fsp3) is 0.833. The second kappa shape index (κ2) is 3.22. The third kappa shape index (κ3) is 1.34. The summed E-state index contributed by atoms with van der Waals surface area (Å²) in [5.41, 5.74) is 0. The van der Waals surface area contributed by atoms with Crippen LogP contribution in [0.4, 0.5) is 0 Å². The number of H-pyrrole nitrogens is 1. The van der Waals surface area contributed by atoms with Crippen LogP contribution in [0.5, 0.6) is 0 Å². The zero-order valence-corrected chi connectivity index (χ0v) is 7.55. The van der Waals surface area contributed by atoms with Crippen molar-refractivity contribution in [3.63, 3.8) is 0 Å². The SMILES string of the molecule is S=c1nn[nH]n1N1CCCCC1. The number of rotatable bonds is 1. The number of piperidine rings is 1. The normalized spacial score (nSPS) is 18.2. The highest BCUT2D eigenvalue weighted by atomic mass is 32.1. The maximum atomic E-state index is 4.98. The molecule has 0 atom stereocenters. The number of aromatic amines is 1. The molecule has 66 valence electrons. The van der Waals surface area contributed by atoms with Crippen LogP contribution in [0, 0.1) is 4.77 Å². The highest BCUT2D eigenvalue weighted by Gasteiger charge is 2.11. The van der Waals surface area contributed by atoms with Gasteiger partial charge in [0.25, 0.3) is 4.77 Å². The van der Waals surface area contributed by atoms with Crippen LogP contribution in [-0.4, -0.2) is 33.4 Å². The summed E-state index contributed by atoms with van der Waals surface area (Å²) in [7, 11) is 0. The fourth-order valence-electron chi connectivity index (χ4n) is 1.45. The number of hydrogen-bond donors (Lipinski definition) is 1. The van der Waals surface area contributed by atoms with Crippen molar-refractivity contribution in [3.8, 4) is 0 Å². The van der Waals surface area contributed by atoms with Gasteiger partial charge in [0.15, 0.2) is 0 Å². The number of nitrogens with one attached hydrogen (secondary N) is 1. The van der Waals surface area contributed by atoms with E-state index in [0.29, 0.717) is 4.77 Å². The highest BCUT2D eigenvalue weighted by molar-refractivity contribution is 7.71. The highest BCUT2D eigenvalue weighted by Crippen LogP contribution is 2.06. The van der Waals surface area contributed by atoms with E-state index in [0.717, 1.165) is 13.1 Å². The van der Waals surface area contributed by atoms with E-state index in [1.807, 2.05) is 0 Å². The molecular weight excluding hydrogens is 174 g/mol. The molecule has 0 unspecified atom stereocenters. The first-order valence-electron chi connectivity index (χ1n) is 4.13. The van der Waals surface area contributed by atoms with Crippen molar-refractivity contribution in [3.05, 3.63) is 4.77 Å². The Balaban J connectivity index is 2.18. The van der Waals surface area contributed by atoms with Crippen LogP contribution in [0.3, 0.4) is 0 Å². The lowest BCUT2D eigenvalue weighted by Gasteiger charge is -2.27. The minimum absolute atomic E-state index is 0.511. The molecule has 0 aromatic carbocycles. The van der Waals surface area contributed by atoms with E-state index in [4.69, 9.17) is 12.2 Å². The first kappa shape index (κ1) is 7.72. The lowest BCUT2D eigenvalue weighted by atomic mass is 10.2. The number of tetrazole rings is 1. The van der Waals surface area contributed by atoms with Gasteiger partial charge < -0.3 is 0 Å². The van der Waals surface area contributed by atoms with Gasteiger partial charge in [-0.3, -0.25) is 5.01 Å². The largest absolute Gasteiger partial charge is 0.295 e. The molecule has 0 saturated carbocycles. The minimum Gasteiger partial charge on any atom is -0.295 e. The van der Waals surface area contributed by atoms with Crippen molar-refractivity contribution in [2.75, 3.05) is 18.1 Å². The molecule has 1 aromatic rings. The van der Waals surface area contributed by atoms with Gasteiger partial charge in [0, 0.05) is 13.1 Å². The van der Waals surface area contributed by atoms with Crippen LogP contribution in [0.25, 0.3) is 0 Å². The molecule has 2 heterocycles. The van der Waals surface area contributed by atoms with Gasteiger partial charge in [0.05, 0.1) is 0 Å². The summed E-state index contributed by atoms with van der Waals surface area (Å²) < 4.78 is 0.511. The van der Waals surface area contributed by atoms with Crippen molar-refractivity contribution in [2.45, 2.75) is 19.3 Å². The summed E-state index contributed by atoms with van der Waals surface area (Å²) in [4.78, 5) is 1.74. The van der Waals surface area contributed by atoms with E-state index in [1.54, 1.807) is 4.79 Å². The molecule has 1 saturated heterocycles. The van der Waals surface area contributed by atoms with Gasteiger partial charge in [0.1, 0.15) is 0 Å². The Labute approximate surface area is 75.3 Å². The number of nitrogens with zero attached hydrogens (tertiary/aromatic N) is 4. The second-order valence-electron chi connectivity index (χ2n) is 2.91. The molecule has 1 N–H and O–H groups in total. The van der Waals surface area contributed by atoms with Gasteiger partial charge in [-0.25, -0.2) is 0 Å². The predicted octanol–water partition coefficient (Wildman–Crippen LogP) is 0.458. The van der Waals surface area contributed by atoms with Gasteiger partial charge in [-0.15, -0.1) is 4.79 Å². The standard InChI is InChI=1S/C6H11N5S/c12-6-7-8-9-11(6)10-4-2-1-3-5-10/h1-5H2,(H,7,9,12). The second-order valence-corrected chi connectivity index (χ2v) is 3.27. The Morgan fingerprint density at radius 3 is 2.58 bits per heavy atom. The summed E-state index contributed by atoms with van der Waals surface area (Å²) in [6, 6.07) is 0. The molecule has 0 amide bonds. The van der Waals surface area contributed by atoms with E-state index in [-0.39, 0.29) is 0 Å². The van der Waals surface area contributed by atoms with E-state index in [2.05, 4.69) is 20.5 Å². The predicted molar refractivity (Wildman–Crippen MR) is 47.0 cm³/mol. The zero-order valence-electron chi connectivity index (χ0n) is 6.73. The molecule has 1 aliphatic rings. The Hall–Kier alpha value is -0.910. The third-order valence-corrected chi connectivity index (χ3v) is 2.33. The first-order valence-corrected chi connectivity index (χ1v) is 4.54. The lowest BCUT2D eigenvalue weighted by Crippen LogP contribution is -2.40. The zero-order chi connectivity index (χ0) is 8.39. The molecule has 1 aromatic heterocycles. The van der Waals surface area contributed by atoms with E-state index in [9.17, 15) is 0 Å². The van der Waals surface area contributed by atoms with Crippen LogP contribution in [-0.2, 0) is 0 Å². The van der Waals surface area contributed by atoms with Crippen molar-refractivity contribution in [2.24, 2.45) is 0 Å². The summed E-state index contributed by atoms with van der Waals surface area (Å²) in [6.45, 7) is 2.08. The molecule has 5 nitrogen and oxygen atoms in total. The van der Waals surface area contributed by atoms with E-state index < -0.39 is 0 Å². The molecular formula is C6H11N5S. The average Bonchev–Trinajstić information content (AvgIpc) is 2.53. The topological polar surface area (TPSA) is 49.7 Å². The van der Waals surface area contributed by atoms with Crippen LogP contribution in [0.2, 0.25) is 0 Å². The summed E-state index contributed by atoms with van der Waals surface area (Å²) in [6.07, 6.45) is 3.76. The number of aromatic nitrogens is 4. The van der Waals surface area contributed by atoms with E-state index in [1.165, 1.54) is 19.3 Å². The maximum Gasteiger partial charge on any atom is 0.258 e. The third-order valence-electron chi connectivity index (χ3n) is 2.07. The average molecular weight is 185 g/mol. The van der Waals surface area contributed by atoms with Gasteiger partial charge in [-0.1, -0.05) is 5.10 Å². The maximum absolute atomic E-state index is 4.98. The molecule has 2 rings (SSSR count). The van der Waals surface area contributed by atoms with Crippen molar-refractivity contribution < 1.29 is 0 Å². The minimum atomic E-state index is 0.511. The smallest absolute Gasteiger partial charge is 0.258 e. The first-order chi connectivity index (χ1) is 5.88. The van der Waals surface area contributed by atoms with Crippen molar-refractivity contribution >= 4 is 12.2 Å². The molecule has 6 heteroatoms. The molecule has 0 spiro atoms. The van der Waals surface area contributed by atoms with Gasteiger partial charge in [-0.05, 0) is 36.7 Å². The fourth-order valence-corrected chi connectivity index (χ4v) is 1.65. The lowest BCUT2D eigenvalue weighted by molar-refractivity contribution is 0.438. The van der Waals surface area contributed by atoms with Crippen LogP contribution in [0.15, 0.2) is 0 Å². The molecule has 1 aliphatic heterocycles. The van der Waals surface area contributed by atoms with Gasteiger partial charge in [-0.2, -0.15) is 5.21 Å². The Morgan fingerprint density at radius 2 is 2.00 bits per heavy atom. The Kier molecular flexibility index (Phi) is 2.07. The molecule has 0 radical (unpaired) electrons. The number of hydrogen-bond acceptors (Lipinski definition) is 4. The van der Waals surface area contributed by atoms with Crippen LogP contribution < -0.4 is 5.01 Å². The van der Waals surface area contributed by atoms with E-state index >= 15 is 0 Å². The molecule has 1 fully saturated rings. The van der Waals surface area contributed by atoms with Crippen LogP contribution >= 0.6 is 12.2 Å². The van der Waals surface area contributed by atoms with Crippen LogP contribution in [0.1, 0.15) is 19.3 Å². The van der Waals surface area contributed by atoms with Gasteiger partial charge in [0.2, 0.25) is 0 Å². The quantitative estimate of drug-likeness (QED) is 0.646. The molecule has 0 aliphatic carbocycles. The summed E-state index contributed by atoms with van der Waals surface area (Å²) in [5, 5.41) is 12.3. The summed E-state index contributed by atoms with van der Waals surface area (Å²) in [5.74, 6) is 0. The molecule has 12 heavy (non-hydrogen) atoms. The molecule has 0 bridgehead atoms. The van der Waals surface area contributed by atoms with Crippen molar-refractivity contribution in [1.29, 1.82) is 0 Å². The van der Waals surface area contributed by atoms with Crippen molar-refractivity contribution in [1.82, 2.24) is 20.3 Å². The summed E-state index contributed by atoms with van der Waals surface area (Å²) >= 11 is 4.98. The monoisotopic (exact) mass is 185 g/mol. The Morgan fingerprint density at radius 1 is 1.25 bits per heavy atom.